The topological polar surface area (TPSA) is 113 Å². The molecule has 4 aromatic rings. The number of nitrogens with one attached hydrogen (secondary N) is 2. The number of piperidine rings is 1. The van der Waals surface area contributed by atoms with Crippen LogP contribution in [0.2, 0.25) is 0 Å². The Labute approximate surface area is 253 Å². The van der Waals surface area contributed by atoms with Crippen molar-refractivity contribution in [2.45, 2.75) is 45.3 Å². The Hall–Kier alpha value is -4.48. The maximum Gasteiger partial charge on any atom is 0.331 e. The van der Waals surface area contributed by atoms with Crippen molar-refractivity contribution in [2.24, 2.45) is 0 Å². The lowest BCUT2D eigenvalue weighted by Gasteiger charge is -2.34. The van der Waals surface area contributed by atoms with Crippen molar-refractivity contribution in [3.63, 3.8) is 0 Å². The second-order valence-electron chi connectivity index (χ2n) is 10.8. The summed E-state index contributed by atoms with van der Waals surface area (Å²) in [5, 5.41) is 6.78. The van der Waals surface area contributed by atoms with Gasteiger partial charge in [0.2, 0.25) is 5.91 Å². The van der Waals surface area contributed by atoms with Gasteiger partial charge in [-0.2, -0.15) is 0 Å². The lowest BCUT2D eigenvalue weighted by molar-refractivity contribution is -0.134. The fourth-order valence-corrected chi connectivity index (χ4v) is 6.60. The third kappa shape index (κ3) is 5.78. The Morgan fingerprint density at radius 1 is 1.14 bits per heavy atom. The summed E-state index contributed by atoms with van der Waals surface area (Å²) in [6, 6.07) is 16.3. The number of methoxy groups -OCH3 is 1. The number of likely N-dealkylation sites (tertiary alicyclic amines) is 1. The van der Waals surface area contributed by atoms with Crippen molar-refractivity contribution in [1.82, 2.24) is 15.2 Å². The molecule has 1 fully saturated rings. The molecule has 4 amide bonds. The number of pyridine rings is 1. The van der Waals surface area contributed by atoms with E-state index in [0.29, 0.717) is 52.0 Å². The second kappa shape index (κ2) is 12.0. The molecule has 11 heteroatoms. The number of anilines is 3. The summed E-state index contributed by atoms with van der Waals surface area (Å²) < 4.78 is 11.2. The van der Waals surface area contributed by atoms with E-state index in [1.165, 1.54) is 11.3 Å². The van der Waals surface area contributed by atoms with Gasteiger partial charge < -0.3 is 25.0 Å². The average molecular weight is 600 g/mol. The number of ether oxygens (including phenoxy) is 2. The maximum absolute atomic E-state index is 13.6. The molecule has 2 N–H and O–H groups in total. The van der Waals surface area contributed by atoms with Gasteiger partial charge in [-0.3, -0.25) is 14.5 Å². The molecule has 2 aromatic heterocycles. The molecule has 0 radical (unpaired) electrons. The van der Waals surface area contributed by atoms with Crippen molar-refractivity contribution < 1.29 is 23.9 Å². The first-order valence-corrected chi connectivity index (χ1v) is 15.1. The van der Waals surface area contributed by atoms with Crippen molar-refractivity contribution in [1.29, 1.82) is 0 Å². The van der Waals surface area contributed by atoms with Gasteiger partial charge in [0.15, 0.2) is 0 Å². The third-order valence-electron chi connectivity index (χ3n) is 7.81. The summed E-state index contributed by atoms with van der Waals surface area (Å²) in [4.78, 5) is 48.8. The number of hydrogen-bond acceptors (Lipinski definition) is 7. The lowest BCUT2D eigenvalue weighted by atomic mass is 10.0. The number of aryl methyl sites for hydroxylation is 1. The van der Waals surface area contributed by atoms with E-state index in [2.05, 4.69) is 15.6 Å². The molecule has 10 nitrogen and oxygen atoms in total. The first-order chi connectivity index (χ1) is 20.8. The summed E-state index contributed by atoms with van der Waals surface area (Å²) in [6.07, 6.45) is 3.35. The normalized spacial score (nSPS) is 17.0. The van der Waals surface area contributed by atoms with Gasteiger partial charge in [-0.25, -0.2) is 9.78 Å². The standard InChI is InChI=1S/C32H33N5O5S/c1-19-16-23(42-22-9-5-4-6-10-22)11-12-24(19)37-25-13-14-33-31-27(25)28(35-32(37)40)29(43-31)30(39)34-21-8-7-15-36(18-21)26(38)17-20(2)41-3/h4-6,9-14,16,20-21H,7-8,15,17-18H2,1-3H3,(H,34,39)(H,35,40)/t20?,21-/m1/s1. The smallest absolute Gasteiger partial charge is 0.331 e. The molecule has 43 heavy (non-hydrogen) atoms. The van der Waals surface area contributed by atoms with Crippen LogP contribution in [0.3, 0.4) is 0 Å². The number of para-hydroxylation sites is 1. The first-order valence-electron chi connectivity index (χ1n) is 14.3. The van der Waals surface area contributed by atoms with E-state index in [1.807, 2.05) is 62.4 Å². The number of rotatable bonds is 8. The van der Waals surface area contributed by atoms with Crippen molar-refractivity contribution in [3.05, 3.63) is 71.2 Å². The molecule has 0 aliphatic carbocycles. The molecule has 2 aliphatic heterocycles. The van der Waals surface area contributed by atoms with Gasteiger partial charge in [0.1, 0.15) is 21.2 Å². The Bertz CT molecular complexity index is 1690. The number of aromatic nitrogens is 1. The quantitative estimate of drug-likeness (QED) is 0.248. The fraction of sp³-hybridized carbons (Fsp3) is 0.312. The zero-order valence-electron chi connectivity index (χ0n) is 24.3. The molecule has 6 rings (SSSR count). The molecule has 222 valence electrons. The van der Waals surface area contributed by atoms with Crippen LogP contribution in [0.25, 0.3) is 10.2 Å². The number of nitrogens with zero attached hydrogens (tertiary/aromatic N) is 3. The van der Waals surface area contributed by atoms with Crippen molar-refractivity contribution >= 4 is 56.5 Å². The monoisotopic (exact) mass is 599 g/mol. The van der Waals surface area contributed by atoms with E-state index in [4.69, 9.17) is 9.47 Å². The zero-order valence-corrected chi connectivity index (χ0v) is 25.1. The van der Waals surface area contributed by atoms with Gasteiger partial charge in [0.05, 0.1) is 35.0 Å². The average Bonchev–Trinajstić information content (AvgIpc) is 3.38. The molecule has 4 heterocycles. The van der Waals surface area contributed by atoms with Crippen LogP contribution in [0.4, 0.5) is 21.9 Å². The van der Waals surface area contributed by atoms with Gasteiger partial charge >= 0.3 is 6.03 Å². The lowest BCUT2D eigenvalue weighted by Crippen LogP contribution is -2.50. The van der Waals surface area contributed by atoms with Gasteiger partial charge in [0.25, 0.3) is 5.91 Å². The van der Waals surface area contributed by atoms with Crippen LogP contribution in [-0.4, -0.2) is 60.1 Å². The highest BCUT2D eigenvalue weighted by atomic mass is 32.1. The van der Waals surface area contributed by atoms with Crippen LogP contribution in [0.15, 0.2) is 60.8 Å². The molecule has 1 unspecified atom stereocenters. The van der Waals surface area contributed by atoms with Crippen molar-refractivity contribution in [2.75, 3.05) is 30.4 Å². The molecule has 2 aromatic carbocycles. The van der Waals surface area contributed by atoms with E-state index < -0.39 is 0 Å². The summed E-state index contributed by atoms with van der Waals surface area (Å²) in [7, 11) is 1.59. The molecule has 0 saturated carbocycles. The highest BCUT2D eigenvalue weighted by Crippen LogP contribution is 2.46. The summed E-state index contributed by atoms with van der Waals surface area (Å²) in [5.41, 5.74) is 2.66. The first kappa shape index (κ1) is 28.6. The second-order valence-corrected chi connectivity index (χ2v) is 11.8. The van der Waals surface area contributed by atoms with Gasteiger partial charge in [-0.05, 0) is 68.7 Å². The van der Waals surface area contributed by atoms with Crippen LogP contribution in [0.1, 0.15) is 41.4 Å². The highest BCUT2D eigenvalue weighted by Gasteiger charge is 2.34. The zero-order chi connectivity index (χ0) is 30.1. The molecule has 0 spiro atoms. The molecule has 2 atom stereocenters. The number of urea groups is 1. The Kier molecular flexibility index (Phi) is 8.00. The van der Waals surface area contributed by atoms with Crippen LogP contribution >= 0.6 is 11.3 Å². The predicted molar refractivity (Wildman–Crippen MR) is 167 cm³/mol. The molecular formula is C32H33N5O5S. The van der Waals surface area contributed by atoms with E-state index >= 15 is 0 Å². The summed E-state index contributed by atoms with van der Waals surface area (Å²) >= 11 is 1.24. The number of hydrogen-bond donors (Lipinski definition) is 2. The molecule has 1 saturated heterocycles. The molecule has 2 aliphatic rings. The summed E-state index contributed by atoms with van der Waals surface area (Å²) in [6.45, 7) is 4.89. The number of benzene rings is 2. The minimum absolute atomic E-state index is 0.0152. The largest absolute Gasteiger partial charge is 0.457 e. The van der Waals surface area contributed by atoms with E-state index in [9.17, 15) is 14.4 Å². The summed E-state index contributed by atoms with van der Waals surface area (Å²) in [5.74, 6) is 1.11. The number of amides is 4. The van der Waals surface area contributed by atoms with Crippen LogP contribution in [0, 0.1) is 6.92 Å². The predicted octanol–water partition coefficient (Wildman–Crippen LogP) is 6.23. The highest BCUT2D eigenvalue weighted by molar-refractivity contribution is 7.21. The third-order valence-corrected chi connectivity index (χ3v) is 8.91. The SMILES string of the molecule is COC(C)CC(=O)N1CCC[C@@H](NC(=O)c2sc3nccc4c3c2NC(=O)N4c2ccc(Oc3ccccc3)cc2C)C1. The van der Waals surface area contributed by atoms with Crippen LogP contribution in [-0.2, 0) is 9.53 Å². The van der Waals surface area contributed by atoms with Crippen LogP contribution in [0.5, 0.6) is 11.5 Å². The number of carbonyl (C=O) groups excluding carboxylic acids is 3. The minimum atomic E-state index is -0.367. The van der Waals surface area contributed by atoms with E-state index in [-0.39, 0.29) is 30.0 Å². The molecule has 0 bridgehead atoms. The van der Waals surface area contributed by atoms with E-state index in [0.717, 1.165) is 29.5 Å². The molecular weight excluding hydrogens is 566 g/mol. The Morgan fingerprint density at radius 2 is 1.95 bits per heavy atom. The Morgan fingerprint density at radius 3 is 2.72 bits per heavy atom. The van der Waals surface area contributed by atoms with Gasteiger partial charge in [-0.1, -0.05) is 18.2 Å². The van der Waals surface area contributed by atoms with Crippen molar-refractivity contribution in [3.8, 4) is 11.5 Å². The number of thiophene rings is 1. The number of carbonyl (C=O) groups is 3. The maximum atomic E-state index is 13.6. The van der Waals surface area contributed by atoms with Gasteiger partial charge in [0, 0.05) is 32.4 Å². The van der Waals surface area contributed by atoms with E-state index in [1.54, 1.807) is 29.2 Å². The minimum Gasteiger partial charge on any atom is -0.457 e. The Balaban J connectivity index is 1.24. The van der Waals surface area contributed by atoms with Gasteiger partial charge in [-0.15, -0.1) is 11.3 Å². The fourth-order valence-electron chi connectivity index (χ4n) is 5.58. The van der Waals surface area contributed by atoms with Crippen LogP contribution < -0.4 is 20.3 Å².